The molecule has 1 aromatic carbocycles. The molecule has 2 saturated carbocycles. The van der Waals surface area contributed by atoms with Crippen molar-refractivity contribution in [2.24, 2.45) is 5.92 Å². The number of hydrogen-bond acceptors (Lipinski definition) is 0. The van der Waals surface area contributed by atoms with Crippen molar-refractivity contribution in [2.45, 2.75) is 88.9 Å². The van der Waals surface area contributed by atoms with Gasteiger partial charge in [-0.05, 0) is 67.9 Å². The molecule has 0 nitrogen and oxygen atoms in total. The van der Waals surface area contributed by atoms with Crippen LogP contribution in [0.25, 0.3) is 0 Å². The summed E-state index contributed by atoms with van der Waals surface area (Å²) >= 11 is 0. The van der Waals surface area contributed by atoms with Gasteiger partial charge >= 0.3 is 0 Å². The minimum atomic E-state index is -1.32. The molecule has 0 aliphatic heterocycles. The van der Waals surface area contributed by atoms with Gasteiger partial charge in [-0.25, -0.2) is 8.78 Å². The van der Waals surface area contributed by atoms with Crippen LogP contribution in [0.15, 0.2) is 24.3 Å². The van der Waals surface area contributed by atoms with E-state index in [2.05, 4.69) is 31.2 Å². The third kappa shape index (κ3) is 3.95. The zero-order valence-electron chi connectivity index (χ0n) is 14.3. The van der Waals surface area contributed by atoms with Gasteiger partial charge in [0.2, 0.25) is 0 Å². The Hall–Kier alpha value is -0.920. The third-order valence-corrected chi connectivity index (χ3v) is 6.10. The maximum absolute atomic E-state index is 14.1. The molecule has 128 valence electrons. The summed E-state index contributed by atoms with van der Waals surface area (Å²) in [6.45, 7) is 2.27. The molecule has 0 unspecified atom stereocenters. The molecule has 1 aromatic rings. The first-order chi connectivity index (χ1) is 11.2. The van der Waals surface area contributed by atoms with Crippen molar-refractivity contribution in [3.63, 3.8) is 0 Å². The molecule has 0 aromatic heterocycles. The first-order valence-corrected chi connectivity index (χ1v) is 9.57. The minimum absolute atomic E-state index is 0.243. The lowest BCUT2D eigenvalue weighted by Gasteiger charge is -2.30. The molecule has 2 aliphatic rings. The van der Waals surface area contributed by atoms with Gasteiger partial charge in [0.15, 0.2) is 0 Å². The van der Waals surface area contributed by atoms with Gasteiger partial charge in [0.05, 0.1) is 0 Å². The highest BCUT2D eigenvalue weighted by molar-refractivity contribution is 5.29. The van der Waals surface area contributed by atoms with E-state index in [1.807, 2.05) is 0 Å². The topological polar surface area (TPSA) is 0 Å². The summed E-state index contributed by atoms with van der Waals surface area (Å²) in [4.78, 5) is 0. The van der Waals surface area contributed by atoms with E-state index in [-0.39, 0.29) is 5.92 Å². The Balaban J connectivity index is 1.61. The monoisotopic (exact) mass is 320 g/mol. The standard InChI is InChI=1S/C21H30F2/c1-2-4-15-7-9-16(10-8-15)17-11-13-18(14-12-17)19-5-3-6-20(22)21(19)23/h11-16,19-21H,2-10H2,1H3/t15?,16?,19-,20-,21+/m1/s1. The van der Waals surface area contributed by atoms with Crippen LogP contribution in [0.5, 0.6) is 0 Å². The van der Waals surface area contributed by atoms with Crippen molar-refractivity contribution in [2.75, 3.05) is 0 Å². The van der Waals surface area contributed by atoms with Crippen molar-refractivity contribution >= 4 is 0 Å². The molecule has 3 rings (SSSR count). The van der Waals surface area contributed by atoms with Gasteiger partial charge in [-0.15, -0.1) is 0 Å². The second kappa shape index (κ2) is 7.77. The van der Waals surface area contributed by atoms with E-state index < -0.39 is 12.3 Å². The third-order valence-electron chi connectivity index (χ3n) is 6.10. The SMILES string of the molecule is CCCC1CCC(c2ccc([C@H]3CCC[C@@H](F)[C@H]3F)cc2)CC1. The second-order valence-corrected chi connectivity index (χ2v) is 7.67. The van der Waals surface area contributed by atoms with Crippen LogP contribution in [-0.4, -0.2) is 12.3 Å². The molecular formula is C21H30F2. The molecule has 23 heavy (non-hydrogen) atoms. The summed E-state index contributed by atoms with van der Waals surface area (Å²) in [6, 6.07) is 8.47. The van der Waals surface area contributed by atoms with E-state index in [0.29, 0.717) is 12.3 Å². The van der Waals surface area contributed by atoms with Gasteiger partial charge in [-0.1, -0.05) is 44.0 Å². The van der Waals surface area contributed by atoms with Crippen molar-refractivity contribution < 1.29 is 8.78 Å². The predicted octanol–water partition coefficient (Wildman–Crippen LogP) is 6.70. The van der Waals surface area contributed by atoms with E-state index >= 15 is 0 Å². The maximum atomic E-state index is 14.1. The molecule has 0 amide bonds. The number of halogens is 2. The first kappa shape index (κ1) is 16.9. The molecule has 2 aliphatic carbocycles. The van der Waals surface area contributed by atoms with E-state index in [0.717, 1.165) is 24.3 Å². The van der Waals surface area contributed by atoms with Crippen molar-refractivity contribution in [1.82, 2.24) is 0 Å². The Labute approximate surface area is 139 Å². The summed E-state index contributed by atoms with van der Waals surface area (Å²) in [7, 11) is 0. The van der Waals surface area contributed by atoms with Crippen LogP contribution >= 0.6 is 0 Å². The Bertz CT molecular complexity index is 473. The molecule has 0 heterocycles. The molecular weight excluding hydrogens is 290 g/mol. The van der Waals surface area contributed by atoms with Gasteiger partial charge in [0.25, 0.3) is 0 Å². The fraction of sp³-hybridized carbons (Fsp3) is 0.714. The Morgan fingerprint density at radius 2 is 1.52 bits per heavy atom. The molecule has 0 bridgehead atoms. The molecule has 0 saturated heterocycles. The number of alkyl halides is 2. The van der Waals surface area contributed by atoms with Crippen molar-refractivity contribution in [1.29, 1.82) is 0 Å². The first-order valence-electron chi connectivity index (χ1n) is 9.57. The van der Waals surface area contributed by atoms with Crippen LogP contribution in [0.4, 0.5) is 8.78 Å². The average Bonchev–Trinajstić information content (AvgIpc) is 2.59. The molecule has 0 N–H and O–H groups in total. The Morgan fingerprint density at radius 1 is 0.870 bits per heavy atom. The largest absolute Gasteiger partial charge is 0.244 e. The number of benzene rings is 1. The quantitative estimate of drug-likeness (QED) is 0.578. The van der Waals surface area contributed by atoms with Crippen molar-refractivity contribution in [3.8, 4) is 0 Å². The fourth-order valence-corrected chi connectivity index (χ4v) is 4.66. The maximum Gasteiger partial charge on any atom is 0.138 e. The number of rotatable bonds is 4. The van der Waals surface area contributed by atoms with Crippen molar-refractivity contribution in [3.05, 3.63) is 35.4 Å². The molecule has 2 heteroatoms. The second-order valence-electron chi connectivity index (χ2n) is 7.67. The lowest BCUT2D eigenvalue weighted by Crippen LogP contribution is -2.29. The Kier molecular flexibility index (Phi) is 5.71. The average molecular weight is 320 g/mol. The van der Waals surface area contributed by atoms with Crippen LogP contribution in [-0.2, 0) is 0 Å². The van der Waals surface area contributed by atoms with E-state index in [4.69, 9.17) is 0 Å². The van der Waals surface area contributed by atoms with E-state index in [1.54, 1.807) is 0 Å². The zero-order chi connectivity index (χ0) is 16.2. The van der Waals surface area contributed by atoms with Gasteiger partial charge in [0.1, 0.15) is 12.3 Å². The minimum Gasteiger partial charge on any atom is -0.244 e. The Morgan fingerprint density at radius 3 is 2.17 bits per heavy atom. The highest BCUT2D eigenvalue weighted by Gasteiger charge is 2.34. The van der Waals surface area contributed by atoms with Gasteiger partial charge in [-0.2, -0.15) is 0 Å². The lowest BCUT2D eigenvalue weighted by atomic mass is 9.76. The van der Waals surface area contributed by atoms with Gasteiger partial charge in [0, 0.05) is 5.92 Å². The molecule has 3 atom stereocenters. The van der Waals surface area contributed by atoms with Crippen LogP contribution in [0.1, 0.15) is 87.7 Å². The smallest absolute Gasteiger partial charge is 0.138 e. The summed E-state index contributed by atoms with van der Waals surface area (Å²) in [6.07, 6.45) is 7.30. The van der Waals surface area contributed by atoms with Crippen LogP contribution in [0, 0.1) is 5.92 Å². The van der Waals surface area contributed by atoms with Crippen LogP contribution in [0.2, 0.25) is 0 Å². The number of hydrogen-bond donors (Lipinski definition) is 0. The molecule has 0 radical (unpaired) electrons. The molecule has 2 fully saturated rings. The predicted molar refractivity (Wildman–Crippen MR) is 92.4 cm³/mol. The summed E-state index contributed by atoms with van der Waals surface area (Å²) in [5.74, 6) is 1.35. The molecule has 0 spiro atoms. The fourth-order valence-electron chi connectivity index (χ4n) is 4.66. The summed E-state index contributed by atoms with van der Waals surface area (Å²) in [5.41, 5.74) is 2.38. The zero-order valence-corrected chi connectivity index (χ0v) is 14.3. The summed E-state index contributed by atoms with van der Waals surface area (Å²) in [5, 5.41) is 0. The van der Waals surface area contributed by atoms with Gasteiger partial charge < -0.3 is 0 Å². The normalized spacial score (nSPS) is 35.2. The van der Waals surface area contributed by atoms with Crippen LogP contribution in [0.3, 0.4) is 0 Å². The van der Waals surface area contributed by atoms with Gasteiger partial charge in [-0.3, -0.25) is 0 Å². The van der Waals surface area contributed by atoms with E-state index in [9.17, 15) is 8.78 Å². The lowest BCUT2D eigenvalue weighted by molar-refractivity contribution is 0.0988. The van der Waals surface area contributed by atoms with Crippen LogP contribution < -0.4 is 0 Å². The van der Waals surface area contributed by atoms with E-state index in [1.165, 1.54) is 44.1 Å². The summed E-state index contributed by atoms with van der Waals surface area (Å²) < 4.78 is 27.7. The highest BCUT2D eigenvalue weighted by atomic mass is 19.2. The highest BCUT2D eigenvalue weighted by Crippen LogP contribution is 2.40.